The van der Waals surface area contributed by atoms with Crippen molar-refractivity contribution in [2.75, 3.05) is 11.6 Å². The zero-order chi connectivity index (χ0) is 21.0. The van der Waals surface area contributed by atoms with Crippen LogP contribution in [0.3, 0.4) is 0 Å². The van der Waals surface area contributed by atoms with Gasteiger partial charge in [0.1, 0.15) is 0 Å². The summed E-state index contributed by atoms with van der Waals surface area (Å²) in [4.78, 5) is 14.6. The number of benzene rings is 2. The lowest BCUT2D eigenvalue weighted by Crippen LogP contribution is -2.37. The first-order chi connectivity index (χ1) is 13.9. The molecule has 0 aliphatic heterocycles. The second kappa shape index (κ2) is 9.52. The van der Waals surface area contributed by atoms with Crippen LogP contribution in [0, 0.1) is 0 Å². The van der Waals surface area contributed by atoms with Gasteiger partial charge in [-0.15, -0.1) is 10.2 Å². The SMILES string of the molecule is CC(C)N(Cc1ccccc1)C(=O)CSc1nnc(-c2cc(Cl)ccc2Cl)n1N. The van der Waals surface area contributed by atoms with Crippen molar-refractivity contribution in [3.63, 3.8) is 0 Å². The zero-order valence-corrected chi connectivity index (χ0v) is 18.4. The van der Waals surface area contributed by atoms with Crippen LogP contribution in [0.15, 0.2) is 53.7 Å². The van der Waals surface area contributed by atoms with E-state index in [4.69, 9.17) is 29.0 Å². The average Bonchev–Trinajstić information content (AvgIpc) is 3.07. The molecule has 6 nitrogen and oxygen atoms in total. The molecule has 3 aromatic rings. The molecule has 2 N–H and O–H groups in total. The Kier molecular flexibility index (Phi) is 7.05. The van der Waals surface area contributed by atoms with Crippen LogP contribution >= 0.6 is 35.0 Å². The molecule has 29 heavy (non-hydrogen) atoms. The van der Waals surface area contributed by atoms with Crippen LogP contribution in [-0.4, -0.2) is 37.5 Å². The first-order valence-corrected chi connectivity index (χ1v) is 10.7. The van der Waals surface area contributed by atoms with Crippen LogP contribution in [0.1, 0.15) is 19.4 Å². The monoisotopic (exact) mass is 449 g/mol. The molecule has 0 bridgehead atoms. The highest BCUT2D eigenvalue weighted by molar-refractivity contribution is 7.99. The Morgan fingerprint density at radius 2 is 1.90 bits per heavy atom. The van der Waals surface area contributed by atoms with Crippen molar-refractivity contribution in [3.05, 3.63) is 64.1 Å². The van der Waals surface area contributed by atoms with E-state index in [1.54, 1.807) is 18.2 Å². The largest absolute Gasteiger partial charge is 0.335 e. The number of hydrogen-bond donors (Lipinski definition) is 1. The molecule has 0 aliphatic carbocycles. The summed E-state index contributed by atoms with van der Waals surface area (Å²) in [5.41, 5.74) is 1.67. The summed E-state index contributed by atoms with van der Waals surface area (Å²) in [5, 5.41) is 9.62. The summed E-state index contributed by atoms with van der Waals surface area (Å²) in [6.07, 6.45) is 0. The Morgan fingerprint density at radius 1 is 1.17 bits per heavy atom. The van der Waals surface area contributed by atoms with Crippen molar-refractivity contribution in [2.45, 2.75) is 31.6 Å². The van der Waals surface area contributed by atoms with Crippen LogP contribution in [0.2, 0.25) is 10.0 Å². The smallest absolute Gasteiger partial charge is 0.233 e. The zero-order valence-electron chi connectivity index (χ0n) is 16.0. The Morgan fingerprint density at radius 3 is 2.59 bits per heavy atom. The summed E-state index contributed by atoms with van der Waals surface area (Å²) < 4.78 is 1.33. The van der Waals surface area contributed by atoms with E-state index in [9.17, 15) is 4.79 Å². The third-order valence-corrected chi connectivity index (χ3v) is 5.79. The number of aromatic nitrogens is 3. The van der Waals surface area contributed by atoms with Crippen LogP contribution in [-0.2, 0) is 11.3 Å². The number of nitrogen functional groups attached to an aromatic ring is 1. The Bertz CT molecular complexity index is 994. The maximum atomic E-state index is 12.8. The Balaban J connectivity index is 1.71. The highest BCUT2D eigenvalue weighted by atomic mass is 35.5. The number of nitrogens with two attached hydrogens (primary N) is 1. The van der Waals surface area contributed by atoms with Gasteiger partial charge in [-0.1, -0.05) is 65.3 Å². The standard InChI is InChI=1S/C20H21Cl2N5OS/c1-13(2)26(11-14-6-4-3-5-7-14)18(28)12-29-20-25-24-19(27(20)23)16-10-15(21)8-9-17(16)22/h3-10,13H,11-12,23H2,1-2H3. The van der Waals surface area contributed by atoms with Gasteiger partial charge < -0.3 is 10.7 Å². The molecular weight excluding hydrogens is 429 g/mol. The summed E-state index contributed by atoms with van der Waals surface area (Å²) in [5.74, 6) is 6.73. The number of nitrogens with zero attached hydrogens (tertiary/aromatic N) is 4. The fraction of sp³-hybridized carbons (Fsp3) is 0.250. The minimum atomic E-state index is -0.000749. The van der Waals surface area contributed by atoms with Gasteiger partial charge in [0.25, 0.3) is 0 Å². The molecule has 1 aromatic heterocycles. The molecule has 0 spiro atoms. The molecule has 0 radical (unpaired) electrons. The Labute approximate surface area is 184 Å². The van der Waals surface area contributed by atoms with Crippen LogP contribution < -0.4 is 5.84 Å². The quantitative estimate of drug-likeness (QED) is 0.424. The molecule has 0 saturated heterocycles. The number of rotatable bonds is 7. The van der Waals surface area contributed by atoms with Crippen molar-refractivity contribution >= 4 is 40.9 Å². The van der Waals surface area contributed by atoms with Gasteiger partial charge in [-0.2, -0.15) is 0 Å². The van der Waals surface area contributed by atoms with Gasteiger partial charge in [-0.3, -0.25) is 4.79 Å². The van der Waals surface area contributed by atoms with Crippen LogP contribution in [0.25, 0.3) is 11.4 Å². The van der Waals surface area contributed by atoms with Crippen molar-refractivity contribution in [1.82, 2.24) is 19.8 Å². The van der Waals surface area contributed by atoms with E-state index >= 15 is 0 Å². The predicted octanol–water partition coefficient (Wildman–Crippen LogP) is 4.50. The predicted molar refractivity (Wildman–Crippen MR) is 118 cm³/mol. The molecule has 2 aromatic carbocycles. The number of carbonyl (C=O) groups is 1. The molecule has 0 fully saturated rings. The fourth-order valence-electron chi connectivity index (χ4n) is 2.78. The van der Waals surface area contributed by atoms with Gasteiger partial charge in [0, 0.05) is 23.2 Å². The van der Waals surface area contributed by atoms with Gasteiger partial charge in [0.05, 0.1) is 10.8 Å². The topological polar surface area (TPSA) is 77.0 Å². The van der Waals surface area contributed by atoms with Crippen molar-refractivity contribution in [2.24, 2.45) is 0 Å². The van der Waals surface area contributed by atoms with E-state index in [2.05, 4.69) is 10.2 Å². The van der Waals surface area contributed by atoms with Crippen LogP contribution in [0.5, 0.6) is 0 Å². The first kappa shape index (κ1) is 21.5. The number of hydrogen-bond acceptors (Lipinski definition) is 5. The number of amides is 1. The van der Waals surface area contributed by atoms with Gasteiger partial charge >= 0.3 is 0 Å². The van der Waals surface area contributed by atoms with Gasteiger partial charge in [-0.25, -0.2) is 4.68 Å². The molecule has 1 heterocycles. The maximum absolute atomic E-state index is 12.8. The minimum absolute atomic E-state index is 0.000749. The molecule has 0 saturated carbocycles. The molecule has 0 unspecified atom stereocenters. The maximum Gasteiger partial charge on any atom is 0.233 e. The third kappa shape index (κ3) is 5.23. The summed E-state index contributed by atoms with van der Waals surface area (Å²) >= 11 is 13.5. The van der Waals surface area contributed by atoms with Gasteiger partial charge in [-0.05, 0) is 37.6 Å². The number of carbonyl (C=O) groups excluding carboxylic acids is 1. The molecule has 0 aliphatic rings. The van der Waals surface area contributed by atoms with E-state index < -0.39 is 0 Å². The van der Waals surface area contributed by atoms with E-state index in [0.717, 1.165) is 5.56 Å². The Hall–Kier alpha value is -2.22. The van der Waals surface area contributed by atoms with Crippen molar-refractivity contribution in [3.8, 4) is 11.4 Å². The lowest BCUT2D eigenvalue weighted by Gasteiger charge is -2.26. The second-order valence-electron chi connectivity index (χ2n) is 6.69. The summed E-state index contributed by atoms with van der Waals surface area (Å²) in [6, 6.07) is 15.0. The van der Waals surface area contributed by atoms with Crippen LogP contribution in [0.4, 0.5) is 0 Å². The highest BCUT2D eigenvalue weighted by Crippen LogP contribution is 2.30. The average molecular weight is 450 g/mol. The number of thioether (sulfide) groups is 1. The number of halogens is 2. The normalized spacial score (nSPS) is 11.1. The molecule has 1 amide bonds. The molecule has 0 atom stereocenters. The van der Waals surface area contributed by atoms with E-state index in [-0.39, 0.29) is 17.7 Å². The molecule has 9 heteroatoms. The summed E-state index contributed by atoms with van der Waals surface area (Å²) in [6.45, 7) is 4.54. The van der Waals surface area contributed by atoms with E-state index in [1.807, 2.05) is 49.1 Å². The van der Waals surface area contributed by atoms with Gasteiger partial charge in [0.2, 0.25) is 11.1 Å². The molecular formula is C20H21Cl2N5OS. The van der Waals surface area contributed by atoms with Crippen molar-refractivity contribution < 1.29 is 4.79 Å². The lowest BCUT2D eigenvalue weighted by atomic mass is 10.2. The van der Waals surface area contributed by atoms with E-state index in [0.29, 0.717) is 33.1 Å². The molecule has 3 rings (SSSR count). The van der Waals surface area contributed by atoms with Gasteiger partial charge in [0.15, 0.2) is 5.82 Å². The second-order valence-corrected chi connectivity index (χ2v) is 8.48. The highest BCUT2D eigenvalue weighted by Gasteiger charge is 2.20. The third-order valence-electron chi connectivity index (χ3n) is 4.30. The van der Waals surface area contributed by atoms with E-state index in [1.165, 1.54) is 16.4 Å². The summed E-state index contributed by atoms with van der Waals surface area (Å²) in [7, 11) is 0. The first-order valence-electron chi connectivity index (χ1n) is 8.99. The fourth-order valence-corrected chi connectivity index (χ4v) is 3.89. The minimum Gasteiger partial charge on any atom is -0.335 e. The lowest BCUT2D eigenvalue weighted by molar-refractivity contribution is -0.130. The molecule has 152 valence electrons. The van der Waals surface area contributed by atoms with Crippen molar-refractivity contribution in [1.29, 1.82) is 0 Å².